The number of rotatable bonds is 4. The molecule has 0 atom stereocenters. The van der Waals surface area contributed by atoms with Crippen molar-refractivity contribution in [1.29, 1.82) is 0 Å². The van der Waals surface area contributed by atoms with Crippen molar-refractivity contribution in [1.82, 2.24) is 10.2 Å². The van der Waals surface area contributed by atoms with Crippen LogP contribution < -0.4 is 10.1 Å². The molecule has 116 valence electrons. The summed E-state index contributed by atoms with van der Waals surface area (Å²) in [5.41, 5.74) is 3.15. The number of nitrogens with one attached hydrogen (secondary N) is 1. The van der Waals surface area contributed by atoms with Gasteiger partial charge in [-0.1, -0.05) is 18.2 Å². The number of benzene rings is 2. The Balaban J connectivity index is 1.96. The van der Waals surface area contributed by atoms with Crippen molar-refractivity contribution in [2.75, 3.05) is 19.5 Å². The van der Waals surface area contributed by atoms with Crippen molar-refractivity contribution in [3.63, 3.8) is 0 Å². The summed E-state index contributed by atoms with van der Waals surface area (Å²) in [6, 6.07) is 16.8. The number of ether oxygens (including phenoxy) is 1. The summed E-state index contributed by atoms with van der Waals surface area (Å²) in [6.45, 7) is 0. The summed E-state index contributed by atoms with van der Waals surface area (Å²) in [4.78, 5) is 0. The molecular formula is C18H17N3O2. The first-order chi connectivity index (χ1) is 11.2. The third kappa shape index (κ3) is 3.08. The molecule has 1 heterocycles. The van der Waals surface area contributed by atoms with E-state index < -0.39 is 0 Å². The van der Waals surface area contributed by atoms with E-state index in [1.807, 2.05) is 48.5 Å². The quantitative estimate of drug-likeness (QED) is 0.771. The van der Waals surface area contributed by atoms with E-state index in [2.05, 4.69) is 15.5 Å². The predicted molar refractivity (Wildman–Crippen MR) is 90.7 cm³/mol. The maximum Gasteiger partial charge on any atom is 0.148 e. The number of nitrogens with zero attached hydrogens (tertiary/aromatic N) is 2. The van der Waals surface area contributed by atoms with E-state index in [-0.39, 0.29) is 5.75 Å². The third-order valence-corrected chi connectivity index (χ3v) is 3.60. The molecule has 3 rings (SSSR count). The Bertz CT molecular complexity index is 817. The van der Waals surface area contributed by atoms with Gasteiger partial charge in [-0.15, -0.1) is 10.2 Å². The molecule has 0 bridgehead atoms. The van der Waals surface area contributed by atoms with Gasteiger partial charge in [-0.05, 0) is 47.5 Å². The van der Waals surface area contributed by atoms with Crippen LogP contribution in [0.5, 0.6) is 11.5 Å². The van der Waals surface area contributed by atoms with Crippen LogP contribution in [-0.2, 0) is 0 Å². The van der Waals surface area contributed by atoms with Crippen molar-refractivity contribution < 1.29 is 9.84 Å². The van der Waals surface area contributed by atoms with E-state index in [9.17, 15) is 5.11 Å². The molecule has 0 aliphatic heterocycles. The van der Waals surface area contributed by atoms with Gasteiger partial charge in [-0.3, -0.25) is 0 Å². The molecular weight excluding hydrogens is 290 g/mol. The van der Waals surface area contributed by atoms with E-state index in [4.69, 9.17) is 4.74 Å². The van der Waals surface area contributed by atoms with Gasteiger partial charge >= 0.3 is 0 Å². The number of hydrogen-bond acceptors (Lipinski definition) is 5. The molecule has 0 radical (unpaired) electrons. The number of aromatic nitrogens is 2. The monoisotopic (exact) mass is 307 g/mol. The lowest BCUT2D eigenvalue weighted by Gasteiger charge is -2.08. The second-order valence-corrected chi connectivity index (χ2v) is 5.02. The Morgan fingerprint density at radius 2 is 1.78 bits per heavy atom. The molecule has 2 aromatic carbocycles. The van der Waals surface area contributed by atoms with E-state index in [1.165, 1.54) is 0 Å². The second-order valence-electron chi connectivity index (χ2n) is 5.02. The van der Waals surface area contributed by atoms with E-state index in [1.54, 1.807) is 20.2 Å². The van der Waals surface area contributed by atoms with E-state index >= 15 is 0 Å². The maximum atomic E-state index is 10.3. The van der Waals surface area contributed by atoms with Crippen LogP contribution in [0.2, 0.25) is 0 Å². The van der Waals surface area contributed by atoms with Gasteiger partial charge in [0, 0.05) is 12.6 Å². The van der Waals surface area contributed by atoms with Crippen LogP contribution in [0.25, 0.3) is 22.4 Å². The lowest BCUT2D eigenvalue weighted by molar-refractivity contribution is 0.415. The van der Waals surface area contributed by atoms with Crippen molar-refractivity contribution >= 4 is 5.82 Å². The first-order valence-electron chi connectivity index (χ1n) is 7.20. The fourth-order valence-electron chi connectivity index (χ4n) is 2.34. The topological polar surface area (TPSA) is 67.3 Å². The smallest absolute Gasteiger partial charge is 0.148 e. The largest absolute Gasteiger partial charge is 0.507 e. The fraction of sp³-hybridized carbons (Fsp3) is 0.111. The maximum absolute atomic E-state index is 10.3. The number of hydrogen-bond donors (Lipinski definition) is 2. The van der Waals surface area contributed by atoms with Gasteiger partial charge in [-0.2, -0.15) is 0 Å². The van der Waals surface area contributed by atoms with Gasteiger partial charge in [-0.25, -0.2) is 0 Å². The molecule has 0 amide bonds. The first-order valence-corrected chi connectivity index (χ1v) is 7.20. The molecule has 5 heteroatoms. The Hall–Kier alpha value is -3.08. The van der Waals surface area contributed by atoms with Crippen molar-refractivity contribution in [2.45, 2.75) is 0 Å². The predicted octanol–water partition coefficient (Wildman–Crippen LogP) is 3.57. The molecule has 0 saturated carbocycles. The summed E-state index contributed by atoms with van der Waals surface area (Å²) < 4.78 is 5.23. The Morgan fingerprint density at radius 1 is 0.957 bits per heavy atom. The molecule has 5 nitrogen and oxygen atoms in total. The minimum absolute atomic E-state index is 0.164. The van der Waals surface area contributed by atoms with Crippen LogP contribution in [0.4, 0.5) is 5.82 Å². The zero-order valence-corrected chi connectivity index (χ0v) is 12.9. The minimum Gasteiger partial charge on any atom is -0.507 e. The average molecular weight is 307 g/mol. The molecule has 0 saturated heterocycles. The lowest BCUT2D eigenvalue weighted by atomic mass is 10.0. The second kappa shape index (κ2) is 6.36. The molecule has 1 aromatic heterocycles. The third-order valence-electron chi connectivity index (χ3n) is 3.60. The standard InChI is InChI=1S/C18H17N3O2/c1-19-18-9-8-16(20-21-18)15-7-6-13(11-17(15)22)12-4-3-5-14(10-12)23-2/h3-11,22H,1-2H3,(H,19,21). The summed E-state index contributed by atoms with van der Waals surface area (Å²) >= 11 is 0. The summed E-state index contributed by atoms with van der Waals surface area (Å²) in [5, 5.41) is 21.4. The number of anilines is 1. The van der Waals surface area contributed by atoms with E-state index in [0.717, 1.165) is 16.9 Å². The molecule has 0 aliphatic carbocycles. The summed E-state index contributed by atoms with van der Waals surface area (Å²) in [5.74, 6) is 1.62. The average Bonchev–Trinajstić information content (AvgIpc) is 2.62. The normalized spacial score (nSPS) is 10.3. The van der Waals surface area contributed by atoms with Crippen molar-refractivity contribution in [2.24, 2.45) is 0 Å². The molecule has 0 aliphatic rings. The van der Waals surface area contributed by atoms with Crippen LogP contribution in [0, 0.1) is 0 Å². The highest BCUT2D eigenvalue weighted by atomic mass is 16.5. The number of phenolic OH excluding ortho intramolecular Hbond substituents is 1. The minimum atomic E-state index is 0.164. The lowest BCUT2D eigenvalue weighted by Crippen LogP contribution is -1.95. The Kier molecular flexibility index (Phi) is 4.10. The van der Waals surface area contributed by atoms with Crippen LogP contribution in [0.1, 0.15) is 0 Å². The summed E-state index contributed by atoms with van der Waals surface area (Å²) in [7, 11) is 3.41. The molecule has 2 N–H and O–H groups in total. The molecule has 0 spiro atoms. The van der Waals surface area contributed by atoms with Gasteiger partial charge in [0.25, 0.3) is 0 Å². The summed E-state index contributed by atoms with van der Waals surface area (Å²) in [6.07, 6.45) is 0. The van der Waals surface area contributed by atoms with Gasteiger partial charge < -0.3 is 15.2 Å². The van der Waals surface area contributed by atoms with Crippen molar-refractivity contribution in [3.8, 4) is 33.9 Å². The van der Waals surface area contributed by atoms with Crippen LogP contribution in [0.3, 0.4) is 0 Å². The highest BCUT2D eigenvalue weighted by Gasteiger charge is 2.09. The van der Waals surface area contributed by atoms with Gasteiger partial charge in [0.1, 0.15) is 17.3 Å². The van der Waals surface area contributed by atoms with Crippen LogP contribution in [0.15, 0.2) is 54.6 Å². The zero-order valence-electron chi connectivity index (χ0n) is 12.9. The Morgan fingerprint density at radius 3 is 2.43 bits per heavy atom. The zero-order chi connectivity index (χ0) is 16.2. The molecule has 3 aromatic rings. The van der Waals surface area contributed by atoms with Crippen LogP contribution >= 0.6 is 0 Å². The fourth-order valence-corrected chi connectivity index (χ4v) is 2.34. The number of methoxy groups -OCH3 is 1. The van der Waals surface area contributed by atoms with Crippen LogP contribution in [-0.4, -0.2) is 29.5 Å². The van der Waals surface area contributed by atoms with Gasteiger partial charge in [0.15, 0.2) is 0 Å². The highest BCUT2D eigenvalue weighted by Crippen LogP contribution is 2.33. The molecule has 23 heavy (non-hydrogen) atoms. The SMILES string of the molecule is CNc1ccc(-c2ccc(-c3cccc(OC)c3)cc2O)nn1. The molecule has 0 unspecified atom stereocenters. The van der Waals surface area contributed by atoms with Gasteiger partial charge in [0.05, 0.1) is 12.8 Å². The Labute approximate surface area is 134 Å². The molecule has 0 fully saturated rings. The number of aromatic hydroxyl groups is 1. The van der Waals surface area contributed by atoms with E-state index in [0.29, 0.717) is 17.1 Å². The number of phenols is 1. The first kappa shape index (κ1) is 14.8. The van der Waals surface area contributed by atoms with Gasteiger partial charge in [0.2, 0.25) is 0 Å². The van der Waals surface area contributed by atoms with Crippen molar-refractivity contribution in [3.05, 3.63) is 54.6 Å². The highest BCUT2D eigenvalue weighted by molar-refractivity contribution is 5.74.